The molecule has 0 rings (SSSR count). The zero-order valence-electron chi connectivity index (χ0n) is 9.49. The third-order valence-corrected chi connectivity index (χ3v) is 4.91. The van der Waals surface area contributed by atoms with Gasteiger partial charge in [0.2, 0.25) is 10.0 Å². The van der Waals surface area contributed by atoms with E-state index in [-0.39, 0.29) is 11.7 Å². The molecule has 0 saturated heterocycles. The highest BCUT2D eigenvalue weighted by molar-refractivity contribution is 7.98. The van der Waals surface area contributed by atoms with E-state index in [0.717, 1.165) is 5.75 Å². The van der Waals surface area contributed by atoms with Gasteiger partial charge in [-0.05, 0) is 23.8 Å². The summed E-state index contributed by atoms with van der Waals surface area (Å²) >= 11 is 7.30. The van der Waals surface area contributed by atoms with Crippen LogP contribution in [0.5, 0.6) is 0 Å². The van der Waals surface area contributed by atoms with E-state index in [1.165, 1.54) is 0 Å². The van der Waals surface area contributed by atoms with Crippen molar-refractivity contribution in [3.63, 3.8) is 0 Å². The maximum atomic E-state index is 11.5. The summed E-state index contributed by atoms with van der Waals surface area (Å²) in [5.74, 6) is 1.82. The Kier molecular flexibility index (Phi) is 8.05. The standard InChI is InChI=1S/C9H20ClNO2S2/c1-8(4-10)7-15(12,13)11-5-9(2)6-14-3/h8-9,11H,4-7H2,1-3H3. The van der Waals surface area contributed by atoms with Gasteiger partial charge in [0.05, 0.1) is 5.75 Å². The Hall–Kier alpha value is 0.550. The number of nitrogens with one attached hydrogen (secondary N) is 1. The molecule has 0 radical (unpaired) electrons. The average Bonchev–Trinajstić information content (AvgIpc) is 2.15. The van der Waals surface area contributed by atoms with Crippen molar-refractivity contribution in [2.24, 2.45) is 11.8 Å². The number of hydrogen-bond donors (Lipinski definition) is 1. The lowest BCUT2D eigenvalue weighted by atomic mass is 10.2. The van der Waals surface area contributed by atoms with Crippen molar-refractivity contribution < 1.29 is 8.42 Å². The Morgan fingerprint density at radius 1 is 1.33 bits per heavy atom. The zero-order valence-corrected chi connectivity index (χ0v) is 11.9. The molecule has 3 nitrogen and oxygen atoms in total. The predicted octanol–water partition coefficient (Wildman–Crippen LogP) is 1.78. The van der Waals surface area contributed by atoms with E-state index in [1.807, 2.05) is 20.1 Å². The largest absolute Gasteiger partial charge is 0.215 e. The Bertz CT molecular complexity index is 257. The van der Waals surface area contributed by atoms with Gasteiger partial charge >= 0.3 is 0 Å². The van der Waals surface area contributed by atoms with Gasteiger partial charge < -0.3 is 0 Å². The van der Waals surface area contributed by atoms with Crippen molar-refractivity contribution in [3.05, 3.63) is 0 Å². The highest BCUT2D eigenvalue weighted by Crippen LogP contribution is 2.05. The number of sulfonamides is 1. The Morgan fingerprint density at radius 2 is 1.93 bits per heavy atom. The summed E-state index contributed by atoms with van der Waals surface area (Å²) in [5.41, 5.74) is 0. The molecule has 0 spiro atoms. The molecule has 15 heavy (non-hydrogen) atoms. The highest BCUT2D eigenvalue weighted by atomic mass is 35.5. The fourth-order valence-electron chi connectivity index (χ4n) is 1.09. The van der Waals surface area contributed by atoms with E-state index in [2.05, 4.69) is 4.72 Å². The fourth-order valence-corrected chi connectivity index (χ4v) is 3.54. The second-order valence-corrected chi connectivity index (χ2v) is 7.02. The second kappa shape index (κ2) is 7.76. The summed E-state index contributed by atoms with van der Waals surface area (Å²) in [4.78, 5) is 0. The zero-order chi connectivity index (χ0) is 11.9. The molecule has 0 saturated carbocycles. The molecule has 0 aliphatic rings. The lowest BCUT2D eigenvalue weighted by Crippen LogP contribution is -2.33. The van der Waals surface area contributed by atoms with E-state index in [1.54, 1.807) is 11.8 Å². The molecular weight excluding hydrogens is 254 g/mol. The molecule has 0 aromatic carbocycles. The van der Waals surface area contributed by atoms with Crippen LogP contribution in [0, 0.1) is 11.8 Å². The van der Waals surface area contributed by atoms with Crippen molar-refractivity contribution >= 4 is 33.4 Å². The summed E-state index contributed by atoms with van der Waals surface area (Å²) in [5, 5.41) is 0. The van der Waals surface area contributed by atoms with Crippen molar-refractivity contribution in [3.8, 4) is 0 Å². The van der Waals surface area contributed by atoms with E-state index in [0.29, 0.717) is 18.3 Å². The van der Waals surface area contributed by atoms with Crippen molar-refractivity contribution in [1.82, 2.24) is 4.72 Å². The van der Waals surface area contributed by atoms with Crippen LogP contribution in [0.4, 0.5) is 0 Å². The second-order valence-electron chi connectivity index (χ2n) is 3.95. The highest BCUT2D eigenvalue weighted by Gasteiger charge is 2.15. The maximum absolute atomic E-state index is 11.5. The van der Waals surface area contributed by atoms with Gasteiger partial charge in [0.15, 0.2) is 0 Å². The number of thioether (sulfide) groups is 1. The van der Waals surface area contributed by atoms with Crippen LogP contribution in [-0.4, -0.2) is 38.6 Å². The van der Waals surface area contributed by atoms with E-state index >= 15 is 0 Å². The summed E-state index contributed by atoms with van der Waals surface area (Å²) < 4.78 is 25.7. The molecule has 2 unspecified atom stereocenters. The van der Waals surface area contributed by atoms with Crippen molar-refractivity contribution in [2.75, 3.05) is 30.2 Å². The van der Waals surface area contributed by atoms with Crippen LogP contribution in [0.25, 0.3) is 0 Å². The van der Waals surface area contributed by atoms with Crippen LogP contribution in [0.2, 0.25) is 0 Å². The first kappa shape index (κ1) is 15.6. The lowest BCUT2D eigenvalue weighted by Gasteiger charge is -2.13. The SMILES string of the molecule is CSCC(C)CNS(=O)(=O)CC(C)CCl. The molecule has 0 bridgehead atoms. The minimum absolute atomic E-state index is 0.0000212. The molecule has 0 amide bonds. The van der Waals surface area contributed by atoms with Crippen LogP contribution in [0.3, 0.4) is 0 Å². The predicted molar refractivity (Wildman–Crippen MR) is 69.2 cm³/mol. The third-order valence-electron chi connectivity index (χ3n) is 1.87. The average molecular weight is 274 g/mol. The monoisotopic (exact) mass is 273 g/mol. The minimum atomic E-state index is -3.15. The van der Waals surface area contributed by atoms with Gasteiger partial charge in [-0.15, -0.1) is 11.6 Å². The molecular formula is C9H20ClNO2S2. The topological polar surface area (TPSA) is 46.2 Å². The van der Waals surface area contributed by atoms with E-state index in [9.17, 15) is 8.42 Å². The van der Waals surface area contributed by atoms with Crippen molar-refractivity contribution in [2.45, 2.75) is 13.8 Å². The van der Waals surface area contributed by atoms with E-state index < -0.39 is 10.0 Å². The van der Waals surface area contributed by atoms with Gasteiger partial charge in [-0.1, -0.05) is 13.8 Å². The van der Waals surface area contributed by atoms with E-state index in [4.69, 9.17) is 11.6 Å². The van der Waals surface area contributed by atoms with Gasteiger partial charge in [-0.2, -0.15) is 11.8 Å². The normalized spacial score (nSPS) is 16.3. The summed E-state index contributed by atoms with van der Waals surface area (Å²) in [6.07, 6.45) is 2.01. The summed E-state index contributed by atoms with van der Waals surface area (Å²) in [6.45, 7) is 4.37. The first-order valence-electron chi connectivity index (χ1n) is 4.93. The maximum Gasteiger partial charge on any atom is 0.211 e. The molecule has 0 aromatic rings. The number of halogens is 1. The quantitative estimate of drug-likeness (QED) is 0.686. The number of hydrogen-bond acceptors (Lipinski definition) is 3. The van der Waals surface area contributed by atoms with Gasteiger partial charge in [0, 0.05) is 12.4 Å². The van der Waals surface area contributed by atoms with Gasteiger partial charge in [-0.25, -0.2) is 13.1 Å². The Morgan fingerprint density at radius 3 is 2.40 bits per heavy atom. The van der Waals surface area contributed by atoms with Crippen LogP contribution in [0.15, 0.2) is 0 Å². The molecule has 0 aliphatic heterocycles. The van der Waals surface area contributed by atoms with Crippen molar-refractivity contribution in [1.29, 1.82) is 0 Å². The number of alkyl halides is 1. The van der Waals surface area contributed by atoms with Crippen LogP contribution in [0.1, 0.15) is 13.8 Å². The van der Waals surface area contributed by atoms with Crippen LogP contribution in [-0.2, 0) is 10.0 Å². The lowest BCUT2D eigenvalue weighted by molar-refractivity contribution is 0.552. The molecule has 2 atom stereocenters. The minimum Gasteiger partial charge on any atom is -0.215 e. The summed E-state index contributed by atoms with van der Waals surface area (Å²) in [7, 11) is -3.15. The van der Waals surface area contributed by atoms with Crippen LogP contribution >= 0.6 is 23.4 Å². The smallest absolute Gasteiger partial charge is 0.211 e. The molecule has 0 aliphatic carbocycles. The van der Waals surface area contributed by atoms with Crippen LogP contribution < -0.4 is 4.72 Å². The molecule has 92 valence electrons. The molecule has 1 N–H and O–H groups in total. The Balaban J connectivity index is 3.94. The Labute approximate surface area is 102 Å². The summed E-state index contributed by atoms with van der Waals surface area (Å²) in [6, 6.07) is 0. The molecule has 0 heterocycles. The molecule has 0 fully saturated rings. The first-order valence-corrected chi connectivity index (χ1v) is 8.51. The first-order chi connectivity index (χ1) is 6.91. The molecule has 6 heteroatoms. The molecule has 0 aromatic heterocycles. The van der Waals surface area contributed by atoms with Gasteiger partial charge in [-0.3, -0.25) is 0 Å². The number of rotatable bonds is 8. The third kappa shape index (κ3) is 8.37. The van der Waals surface area contributed by atoms with Gasteiger partial charge in [0.25, 0.3) is 0 Å². The fraction of sp³-hybridized carbons (Fsp3) is 1.00. The van der Waals surface area contributed by atoms with Gasteiger partial charge in [0.1, 0.15) is 0 Å².